The molecule has 0 spiro atoms. The van der Waals surface area contributed by atoms with Crippen molar-refractivity contribution in [3.63, 3.8) is 0 Å². The van der Waals surface area contributed by atoms with E-state index in [1.807, 2.05) is 0 Å². The summed E-state index contributed by atoms with van der Waals surface area (Å²) in [5.74, 6) is -0.514. The number of aromatic nitrogens is 2. The van der Waals surface area contributed by atoms with E-state index in [1.165, 1.54) is 6.07 Å². The van der Waals surface area contributed by atoms with Crippen molar-refractivity contribution in [3.05, 3.63) is 52.9 Å². The monoisotopic (exact) mass is 369 g/mol. The van der Waals surface area contributed by atoms with Gasteiger partial charge in [-0.3, -0.25) is 9.82 Å². The Labute approximate surface area is 128 Å². The van der Waals surface area contributed by atoms with Crippen LogP contribution in [0.5, 0.6) is 0 Å². The van der Waals surface area contributed by atoms with Crippen LogP contribution in [0.15, 0.2) is 52.0 Å². The molecule has 108 valence electrons. The Hall–Kier alpha value is -1.93. The summed E-state index contributed by atoms with van der Waals surface area (Å²) in [6.07, 6.45) is 1.64. The SMILES string of the molecule is O=S(=O)(Nc1ccc2cn[nH]c2c1)c1ccc(F)cc1Br. The predicted molar refractivity (Wildman–Crippen MR) is 81.0 cm³/mol. The van der Waals surface area contributed by atoms with Gasteiger partial charge in [0.05, 0.1) is 17.4 Å². The molecule has 0 bridgehead atoms. The minimum atomic E-state index is -3.81. The molecule has 21 heavy (non-hydrogen) atoms. The van der Waals surface area contributed by atoms with Gasteiger partial charge < -0.3 is 0 Å². The van der Waals surface area contributed by atoms with Gasteiger partial charge in [0.25, 0.3) is 10.0 Å². The largest absolute Gasteiger partial charge is 0.280 e. The van der Waals surface area contributed by atoms with Crippen LogP contribution in [-0.4, -0.2) is 18.6 Å². The van der Waals surface area contributed by atoms with Gasteiger partial charge in [-0.1, -0.05) is 0 Å². The number of nitrogens with one attached hydrogen (secondary N) is 2. The zero-order chi connectivity index (χ0) is 15.0. The van der Waals surface area contributed by atoms with Crippen molar-refractivity contribution in [2.24, 2.45) is 0 Å². The highest BCUT2D eigenvalue weighted by Crippen LogP contribution is 2.26. The molecule has 8 heteroatoms. The first kappa shape index (κ1) is 14.0. The number of anilines is 1. The van der Waals surface area contributed by atoms with Crippen molar-refractivity contribution >= 4 is 42.5 Å². The minimum Gasteiger partial charge on any atom is -0.280 e. The Morgan fingerprint density at radius 2 is 2.00 bits per heavy atom. The number of sulfonamides is 1. The average molecular weight is 370 g/mol. The lowest BCUT2D eigenvalue weighted by Crippen LogP contribution is -2.13. The average Bonchev–Trinajstić information content (AvgIpc) is 2.85. The van der Waals surface area contributed by atoms with Crippen LogP contribution in [0, 0.1) is 5.82 Å². The molecule has 0 aliphatic heterocycles. The molecule has 3 rings (SSSR count). The number of aromatic amines is 1. The number of rotatable bonds is 3. The van der Waals surface area contributed by atoms with E-state index in [-0.39, 0.29) is 9.37 Å². The van der Waals surface area contributed by atoms with Gasteiger partial charge in [0.1, 0.15) is 10.7 Å². The fraction of sp³-hybridized carbons (Fsp3) is 0. The first-order valence-electron chi connectivity index (χ1n) is 5.87. The molecule has 0 saturated heterocycles. The summed E-state index contributed by atoms with van der Waals surface area (Å²) in [5, 5.41) is 7.51. The Kier molecular flexibility index (Phi) is 3.42. The molecule has 0 radical (unpaired) electrons. The van der Waals surface area contributed by atoms with Crippen molar-refractivity contribution in [2.45, 2.75) is 4.90 Å². The Morgan fingerprint density at radius 3 is 2.76 bits per heavy atom. The number of nitrogens with zero attached hydrogens (tertiary/aromatic N) is 1. The van der Waals surface area contributed by atoms with Crippen LogP contribution in [0.25, 0.3) is 10.9 Å². The van der Waals surface area contributed by atoms with Crippen molar-refractivity contribution in [3.8, 4) is 0 Å². The number of fused-ring (bicyclic) bond motifs is 1. The highest BCUT2D eigenvalue weighted by molar-refractivity contribution is 9.10. The highest BCUT2D eigenvalue weighted by Gasteiger charge is 2.18. The summed E-state index contributed by atoms with van der Waals surface area (Å²) in [6.45, 7) is 0. The summed E-state index contributed by atoms with van der Waals surface area (Å²) < 4.78 is 40.3. The minimum absolute atomic E-state index is 0.0337. The molecule has 5 nitrogen and oxygen atoms in total. The number of H-pyrrole nitrogens is 1. The molecule has 0 saturated carbocycles. The maximum Gasteiger partial charge on any atom is 0.263 e. The topological polar surface area (TPSA) is 74.8 Å². The smallest absolute Gasteiger partial charge is 0.263 e. The molecule has 0 aliphatic carbocycles. The Balaban J connectivity index is 1.98. The molecule has 1 heterocycles. The third kappa shape index (κ3) is 2.77. The lowest BCUT2D eigenvalue weighted by molar-refractivity contribution is 0.599. The fourth-order valence-electron chi connectivity index (χ4n) is 1.90. The molecule has 0 atom stereocenters. The van der Waals surface area contributed by atoms with Gasteiger partial charge in [0.15, 0.2) is 0 Å². The summed E-state index contributed by atoms with van der Waals surface area (Å²) in [7, 11) is -3.81. The molecular formula is C13H9BrFN3O2S. The van der Waals surface area contributed by atoms with Gasteiger partial charge in [-0.15, -0.1) is 0 Å². The van der Waals surface area contributed by atoms with Gasteiger partial charge in [-0.05, 0) is 52.3 Å². The Bertz CT molecular complexity index is 924. The molecule has 1 aromatic heterocycles. The second-order valence-corrected chi connectivity index (χ2v) is 6.86. The molecular weight excluding hydrogens is 361 g/mol. The van der Waals surface area contributed by atoms with E-state index in [4.69, 9.17) is 0 Å². The zero-order valence-electron chi connectivity index (χ0n) is 10.5. The van der Waals surface area contributed by atoms with E-state index in [0.29, 0.717) is 11.2 Å². The van der Waals surface area contributed by atoms with E-state index >= 15 is 0 Å². The Morgan fingerprint density at radius 1 is 1.19 bits per heavy atom. The summed E-state index contributed by atoms with van der Waals surface area (Å²) in [6, 6.07) is 8.42. The third-order valence-electron chi connectivity index (χ3n) is 2.88. The maximum absolute atomic E-state index is 13.0. The lowest BCUT2D eigenvalue weighted by atomic mass is 10.2. The first-order valence-corrected chi connectivity index (χ1v) is 8.14. The first-order chi connectivity index (χ1) is 9.95. The van der Waals surface area contributed by atoms with Crippen LogP contribution in [0.3, 0.4) is 0 Å². The van der Waals surface area contributed by atoms with Gasteiger partial charge >= 0.3 is 0 Å². The van der Waals surface area contributed by atoms with E-state index in [9.17, 15) is 12.8 Å². The van der Waals surface area contributed by atoms with Gasteiger partial charge in [0.2, 0.25) is 0 Å². The standard InChI is InChI=1S/C13H9BrFN3O2S/c14-11-5-9(15)2-4-13(11)21(19,20)18-10-3-1-8-7-16-17-12(8)6-10/h1-7,18H,(H,16,17). The normalized spacial score (nSPS) is 11.7. The van der Waals surface area contributed by atoms with E-state index < -0.39 is 15.8 Å². The van der Waals surface area contributed by atoms with E-state index in [1.54, 1.807) is 24.4 Å². The maximum atomic E-state index is 13.0. The predicted octanol–water partition coefficient (Wildman–Crippen LogP) is 3.27. The quantitative estimate of drug-likeness (QED) is 0.743. The summed E-state index contributed by atoms with van der Waals surface area (Å²) in [4.78, 5) is -0.0337. The summed E-state index contributed by atoms with van der Waals surface area (Å²) in [5.41, 5.74) is 1.11. The molecule has 0 fully saturated rings. The van der Waals surface area contributed by atoms with Crippen LogP contribution in [0.2, 0.25) is 0 Å². The molecule has 0 unspecified atom stereocenters. The van der Waals surface area contributed by atoms with E-state index in [2.05, 4.69) is 30.8 Å². The van der Waals surface area contributed by atoms with Gasteiger partial charge in [0, 0.05) is 9.86 Å². The second-order valence-electron chi connectivity index (χ2n) is 4.35. The lowest BCUT2D eigenvalue weighted by Gasteiger charge is -2.09. The number of halogens is 2. The number of hydrogen-bond acceptors (Lipinski definition) is 3. The number of benzene rings is 2. The van der Waals surface area contributed by atoms with Crippen molar-refractivity contribution in [1.82, 2.24) is 10.2 Å². The van der Waals surface area contributed by atoms with Crippen LogP contribution < -0.4 is 4.72 Å². The van der Waals surface area contributed by atoms with Crippen molar-refractivity contribution < 1.29 is 12.8 Å². The molecule has 2 aromatic carbocycles. The van der Waals surface area contributed by atoms with Crippen LogP contribution in [0.1, 0.15) is 0 Å². The molecule has 2 N–H and O–H groups in total. The van der Waals surface area contributed by atoms with E-state index in [0.717, 1.165) is 17.5 Å². The summed E-state index contributed by atoms with van der Waals surface area (Å²) >= 11 is 3.05. The zero-order valence-corrected chi connectivity index (χ0v) is 12.9. The van der Waals surface area contributed by atoms with Crippen molar-refractivity contribution in [2.75, 3.05) is 4.72 Å². The molecule has 3 aromatic rings. The number of hydrogen-bond donors (Lipinski definition) is 2. The third-order valence-corrected chi connectivity index (χ3v) is 5.24. The van der Waals surface area contributed by atoms with Crippen LogP contribution >= 0.6 is 15.9 Å². The van der Waals surface area contributed by atoms with Crippen LogP contribution in [-0.2, 0) is 10.0 Å². The van der Waals surface area contributed by atoms with Gasteiger partial charge in [-0.25, -0.2) is 12.8 Å². The fourth-order valence-corrected chi connectivity index (χ4v) is 4.00. The molecule has 0 amide bonds. The second kappa shape index (κ2) is 5.12. The van der Waals surface area contributed by atoms with Gasteiger partial charge in [-0.2, -0.15) is 5.10 Å². The highest BCUT2D eigenvalue weighted by atomic mass is 79.9. The molecule has 0 aliphatic rings. The van der Waals surface area contributed by atoms with Crippen LogP contribution in [0.4, 0.5) is 10.1 Å². The van der Waals surface area contributed by atoms with Crippen molar-refractivity contribution in [1.29, 1.82) is 0 Å².